The number of hydrogen-bond donors (Lipinski definition) is 0. The largest absolute Gasteiger partial charge is 0.462 e. The standard InChI is InChI=1S/C58H112O6/c1-5-7-9-11-13-15-16-17-18-24-28-31-35-39-43-47-51-58(61)64-55(52-62-56(59)49-45-41-37-32-14-12-10-8-6-2)53-63-57(60)50-46-42-38-34-30-27-25-22-20-19-21-23-26-29-33-36-40-44-48-54(3)4/h54-55H,5-53H2,1-4H3/t55-/m1/s1. The fourth-order valence-corrected chi connectivity index (χ4v) is 8.92. The Balaban J connectivity index is 4.18. The molecule has 1 atom stereocenters. The van der Waals surface area contributed by atoms with Gasteiger partial charge in [0.15, 0.2) is 6.10 Å². The van der Waals surface area contributed by atoms with Gasteiger partial charge in [-0.3, -0.25) is 14.4 Å². The first-order valence-corrected chi connectivity index (χ1v) is 28.9. The first-order valence-electron chi connectivity index (χ1n) is 28.9. The minimum atomic E-state index is -0.760. The van der Waals surface area contributed by atoms with Gasteiger partial charge in [-0.1, -0.05) is 291 Å². The Hall–Kier alpha value is -1.59. The van der Waals surface area contributed by atoms with Crippen molar-refractivity contribution in [2.24, 2.45) is 5.92 Å². The quantitative estimate of drug-likeness (QED) is 0.0344. The minimum Gasteiger partial charge on any atom is -0.462 e. The molecule has 0 amide bonds. The van der Waals surface area contributed by atoms with Crippen molar-refractivity contribution in [2.75, 3.05) is 13.2 Å². The van der Waals surface area contributed by atoms with Crippen LogP contribution in [0.4, 0.5) is 0 Å². The normalized spacial score (nSPS) is 12.0. The predicted molar refractivity (Wildman–Crippen MR) is 275 cm³/mol. The van der Waals surface area contributed by atoms with Crippen molar-refractivity contribution in [3.05, 3.63) is 0 Å². The predicted octanol–water partition coefficient (Wildman–Crippen LogP) is 19.0. The van der Waals surface area contributed by atoms with E-state index in [1.807, 2.05) is 0 Å². The number of ether oxygens (including phenoxy) is 3. The summed E-state index contributed by atoms with van der Waals surface area (Å²) in [5.74, 6) is 0.0202. The monoisotopic (exact) mass is 905 g/mol. The number of esters is 3. The Morgan fingerprint density at radius 3 is 0.766 bits per heavy atom. The highest BCUT2D eigenvalue weighted by atomic mass is 16.6. The van der Waals surface area contributed by atoms with Crippen LogP contribution in [0.2, 0.25) is 0 Å². The van der Waals surface area contributed by atoms with Crippen molar-refractivity contribution in [3.63, 3.8) is 0 Å². The second-order valence-corrected chi connectivity index (χ2v) is 20.4. The zero-order valence-corrected chi connectivity index (χ0v) is 43.8. The summed E-state index contributed by atoms with van der Waals surface area (Å²) in [4.78, 5) is 38.0. The lowest BCUT2D eigenvalue weighted by molar-refractivity contribution is -0.167. The van der Waals surface area contributed by atoms with Crippen LogP contribution in [0.15, 0.2) is 0 Å². The summed E-state index contributed by atoms with van der Waals surface area (Å²) in [6, 6.07) is 0. The number of hydrogen-bond acceptors (Lipinski definition) is 6. The summed E-state index contributed by atoms with van der Waals surface area (Å²) in [5.41, 5.74) is 0. The molecule has 64 heavy (non-hydrogen) atoms. The molecule has 0 radical (unpaired) electrons. The van der Waals surface area contributed by atoms with Crippen molar-refractivity contribution in [2.45, 2.75) is 336 Å². The SMILES string of the molecule is CCCCCCCCCCCCCCCCCCC(=O)O[C@H](COC(=O)CCCCCCCCCCC)COC(=O)CCCCCCCCCCCCCCCCCCCCC(C)C. The minimum absolute atomic E-state index is 0.0620. The molecule has 0 aliphatic carbocycles. The van der Waals surface area contributed by atoms with Gasteiger partial charge >= 0.3 is 17.9 Å². The molecule has 0 N–H and O–H groups in total. The van der Waals surface area contributed by atoms with Gasteiger partial charge in [-0.15, -0.1) is 0 Å². The van der Waals surface area contributed by atoms with Crippen LogP contribution < -0.4 is 0 Å². The van der Waals surface area contributed by atoms with Crippen molar-refractivity contribution in [3.8, 4) is 0 Å². The Kier molecular flexibility index (Phi) is 51.1. The summed E-state index contributed by atoms with van der Waals surface area (Å²) in [6.45, 7) is 9.05. The van der Waals surface area contributed by atoms with Crippen LogP contribution >= 0.6 is 0 Å². The van der Waals surface area contributed by atoms with Crippen LogP contribution in [-0.2, 0) is 28.6 Å². The second-order valence-electron chi connectivity index (χ2n) is 20.4. The van der Waals surface area contributed by atoms with Crippen molar-refractivity contribution in [1.82, 2.24) is 0 Å². The molecule has 0 aliphatic heterocycles. The van der Waals surface area contributed by atoms with Gasteiger partial charge in [0.2, 0.25) is 0 Å². The number of carbonyl (C=O) groups excluding carboxylic acids is 3. The molecule has 0 aromatic heterocycles. The highest BCUT2D eigenvalue weighted by Crippen LogP contribution is 2.18. The Labute approximate surface area is 399 Å². The Morgan fingerprint density at radius 2 is 0.516 bits per heavy atom. The van der Waals surface area contributed by atoms with E-state index in [9.17, 15) is 14.4 Å². The average molecular weight is 906 g/mol. The maximum Gasteiger partial charge on any atom is 0.306 e. The highest BCUT2D eigenvalue weighted by Gasteiger charge is 2.19. The lowest BCUT2D eigenvalue weighted by Crippen LogP contribution is -2.30. The summed E-state index contributed by atoms with van der Waals surface area (Å²) in [6.07, 6.45) is 56.7. The molecule has 6 nitrogen and oxygen atoms in total. The molecule has 0 saturated heterocycles. The van der Waals surface area contributed by atoms with Gasteiger partial charge in [0, 0.05) is 19.3 Å². The van der Waals surface area contributed by atoms with Gasteiger partial charge in [0.1, 0.15) is 13.2 Å². The van der Waals surface area contributed by atoms with Crippen LogP contribution in [0.1, 0.15) is 329 Å². The summed E-state index contributed by atoms with van der Waals surface area (Å²) >= 11 is 0. The zero-order valence-electron chi connectivity index (χ0n) is 43.8. The van der Waals surface area contributed by atoms with Gasteiger partial charge in [-0.25, -0.2) is 0 Å². The lowest BCUT2D eigenvalue weighted by Gasteiger charge is -2.18. The molecule has 0 rings (SSSR count). The summed E-state index contributed by atoms with van der Waals surface area (Å²) in [7, 11) is 0. The van der Waals surface area contributed by atoms with Gasteiger partial charge in [0.25, 0.3) is 0 Å². The molecule has 0 fully saturated rings. The van der Waals surface area contributed by atoms with E-state index in [4.69, 9.17) is 14.2 Å². The van der Waals surface area contributed by atoms with E-state index >= 15 is 0 Å². The van der Waals surface area contributed by atoms with E-state index in [2.05, 4.69) is 27.7 Å². The molecule has 6 heteroatoms. The highest BCUT2D eigenvalue weighted by molar-refractivity contribution is 5.71. The number of rotatable bonds is 53. The van der Waals surface area contributed by atoms with E-state index in [1.54, 1.807) is 0 Å². The Morgan fingerprint density at radius 1 is 0.297 bits per heavy atom. The molecule has 0 aromatic carbocycles. The molecule has 0 aliphatic rings. The molecule has 0 saturated carbocycles. The van der Waals surface area contributed by atoms with E-state index in [1.165, 1.54) is 225 Å². The van der Waals surface area contributed by atoms with E-state index in [0.717, 1.165) is 63.7 Å². The molecular weight excluding hydrogens is 793 g/mol. The average Bonchev–Trinajstić information content (AvgIpc) is 3.28. The third-order valence-corrected chi connectivity index (χ3v) is 13.3. The molecule has 0 unspecified atom stereocenters. The number of unbranched alkanes of at least 4 members (excludes halogenated alkanes) is 40. The zero-order chi connectivity index (χ0) is 46.7. The maximum absolute atomic E-state index is 12.8. The maximum atomic E-state index is 12.8. The van der Waals surface area contributed by atoms with Crippen molar-refractivity contribution < 1.29 is 28.6 Å². The van der Waals surface area contributed by atoms with Gasteiger partial charge in [-0.05, 0) is 25.2 Å². The summed E-state index contributed by atoms with van der Waals surface area (Å²) < 4.78 is 16.8. The third kappa shape index (κ3) is 51.4. The van der Waals surface area contributed by atoms with Crippen LogP contribution in [0, 0.1) is 5.92 Å². The van der Waals surface area contributed by atoms with Crippen LogP contribution in [-0.4, -0.2) is 37.2 Å². The molecule has 0 aromatic rings. The molecule has 0 spiro atoms. The topological polar surface area (TPSA) is 78.9 Å². The third-order valence-electron chi connectivity index (χ3n) is 13.3. The van der Waals surface area contributed by atoms with Crippen molar-refractivity contribution in [1.29, 1.82) is 0 Å². The molecule has 0 heterocycles. The smallest absolute Gasteiger partial charge is 0.306 e. The lowest BCUT2D eigenvalue weighted by atomic mass is 10.0. The fraction of sp³-hybridized carbons (Fsp3) is 0.948. The van der Waals surface area contributed by atoms with E-state index < -0.39 is 6.10 Å². The van der Waals surface area contributed by atoms with Gasteiger partial charge in [-0.2, -0.15) is 0 Å². The summed E-state index contributed by atoms with van der Waals surface area (Å²) in [5, 5.41) is 0. The van der Waals surface area contributed by atoms with E-state index in [-0.39, 0.29) is 31.1 Å². The second kappa shape index (κ2) is 52.4. The molecular formula is C58H112O6. The van der Waals surface area contributed by atoms with Crippen LogP contribution in [0.5, 0.6) is 0 Å². The van der Waals surface area contributed by atoms with Crippen LogP contribution in [0.25, 0.3) is 0 Å². The fourth-order valence-electron chi connectivity index (χ4n) is 8.92. The Bertz CT molecular complexity index is 964. The van der Waals surface area contributed by atoms with Crippen LogP contribution in [0.3, 0.4) is 0 Å². The number of carbonyl (C=O) groups is 3. The van der Waals surface area contributed by atoms with E-state index in [0.29, 0.717) is 19.3 Å². The first-order chi connectivity index (χ1) is 31.4. The van der Waals surface area contributed by atoms with Gasteiger partial charge < -0.3 is 14.2 Å². The van der Waals surface area contributed by atoms with Gasteiger partial charge in [0.05, 0.1) is 0 Å². The first kappa shape index (κ1) is 62.4. The molecule has 380 valence electrons. The molecule has 0 bridgehead atoms. The van der Waals surface area contributed by atoms with Crippen molar-refractivity contribution >= 4 is 17.9 Å².